The maximum atomic E-state index is 5.88. The molecule has 14 heavy (non-hydrogen) atoms. The second-order valence-corrected chi connectivity index (χ2v) is 5.12. The lowest BCUT2D eigenvalue weighted by atomic mass is 10.0. The van der Waals surface area contributed by atoms with E-state index in [2.05, 4.69) is 22.0 Å². The molecule has 1 aliphatic heterocycles. The van der Waals surface area contributed by atoms with E-state index in [9.17, 15) is 0 Å². The van der Waals surface area contributed by atoms with Crippen LogP contribution in [0, 0.1) is 12.8 Å². The number of nitrogens with zero attached hydrogens (tertiary/aromatic N) is 3. The number of nitrogens with two attached hydrogens (primary N) is 1. The Morgan fingerprint density at radius 3 is 2.86 bits per heavy atom. The third-order valence-corrected chi connectivity index (χ3v) is 3.65. The summed E-state index contributed by atoms with van der Waals surface area (Å²) in [5, 5.41) is 10.3. The molecule has 0 aliphatic carbocycles. The molecule has 0 amide bonds. The highest BCUT2D eigenvalue weighted by Gasteiger charge is 2.26. The summed E-state index contributed by atoms with van der Waals surface area (Å²) in [6.45, 7) is 6.17. The van der Waals surface area contributed by atoms with E-state index in [4.69, 9.17) is 5.73 Å². The molecule has 0 aromatic carbocycles. The van der Waals surface area contributed by atoms with Crippen molar-refractivity contribution in [2.24, 2.45) is 11.7 Å². The Bertz CT molecular complexity index is 310. The van der Waals surface area contributed by atoms with Gasteiger partial charge in [-0.1, -0.05) is 11.3 Å². The van der Waals surface area contributed by atoms with Crippen molar-refractivity contribution in [3.05, 3.63) is 5.01 Å². The zero-order valence-electron chi connectivity index (χ0n) is 8.60. The van der Waals surface area contributed by atoms with Crippen molar-refractivity contribution in [2.45, 2.75) is 26.3 Å². The molecule has 0 saturated carbocycles. The molecule has 2 N–H and O–H groups in total. The molecule has 78 valence electrons. The molecular formula is C9H16N4S. The van der Waals surface area contributed by atoms with E-state index in [1.165, 1.54) is 6.42 Å². The zero-order chi connectivity index (χ0) is 10.1. The maximum Gasteiger partial charge on any atom is 0.208 e. The topological polar surface area (TPSA) is 55.0 Å². The fraction of sp³-hybridized carbons (Fsp3) is 0.778. The lowest BCUT2D eigenvalue weighted by Gasteiger charge is -2.16. The van der Waals surface area contributed by atoms with Crippen LogP contribution in [0.2, 0.25) is 0 Å². The van der Waals surface area contributed by atoms with E-state index in [0.717, 1.165) is 23.2 Å². The summed E-state index contributed by atoms with van der Waals surface area (Å²) in [7, 11) is 0. The standard InChI is InChI=1S/C9H16N4S/c1-6(10)8-3-4-13(5-8)9-12-11-7(2)14-9/h6,8H,3-5,10H2,1-2H3. The minimum Gasteiger partial charge on any atom is -0.346 e. The van der Waals surface area contributed by atoms with Crippen molar-refractivity contribution in [1.82, 2.24) is 10.2 Å². The first-order valence-corrected chi connectivity index (χ1v) is 5.79. The Hall–Kier alpha value is -0.680. The lowest BCUT2D eigenvalue weighted by molar-refractivity contribution is 0.488. The summed E-state index contributed by atoms with van der Waals surface area (Å²) in [5.41, 5.74) is 5.88. The predicted octanol–water partition coefficient (Wildman–Crippen LogP) is 1.02. The normalized spacial score (nSPS) is 24.2. The number of aromatic nitrogens is 2. The van der Waals surface area contributed by atoms with Gasteiger partial charge in [-0.2, -0.15) is 0 Å². The highest BCUT2D eigenvalue weighted by Crippen LogP contribution is 2.27. The number of aryl methyl sites for hydroxylation is 1. The van der Waals surface area contributed by atoms with Crippen LogP contribution in [-0.4, -0.2) is 29.3 Å². The summed E-state index contributed by atoms with van der Waals surface area (Å²) < 4.78 is 0. The fourth-order valence-corrected chi connectivity index (χ4v) is 2.53. The molecule has 2 heterocycles. The molecule has 1 aromatic heterocycles. The Morgan fingerprint density at radius 1 is 1.57 bits per heavy atom. The first-order valence-electron chi connectivity index (χ1n) is 4.97. The third-order valence-electron chi connectivity index (χ3n) is 2.75. The highest BCUT2D eigenvalue weighted by atomic mass is 32.1. The van der Waals surface area contributed by atoms with Crippen LogP contribution >= 0.6 is 11.3 Å². The number of hydrogen-bond donors (Lipinski definition) is 1. The molecule has 0 spiro atoms. The predicted molar refractivity (Wildman–Crippen MR) is 58.6 cm³/mol. The zero-order valence-corrected chi connectivity index (χ0v) is 9.42. The minimum absolute atomic E-state index is 0.286. The maximum absolute atomic E-state index is 5.88. The van der Waals surface area contributed by atoms with Crippen LogP contribution in [0.3, 0.4) is 0 Å². The second kappa shape index (κ2) is 3.82. The van der Waals surface area contributed by atoms with Crippen LogP contribution in [0.4, 0.5) is 5.13 Å². The molecule has 1 fully saturated rings. The van der Waals surface area contributed by atoms with Gasteiger partial charge in [0.2, 0.25) is 5.13 Å². The van der Waals surface area contributed by atoms with Crippen LogP contribution in [-0.2, 0) is 0 Å². The Balaban J connectivity index is 2.02. The number of hydrogen-bond acceptors (Lipinski definition) is 5. The Kier molecular flexibility index (Phi) is 2.69. The smallest absolute Gasteiger partial charge is 0.208 e. The van der Waals surface area contributed by atoms with Crippen molar-refractivity contribution < 1.29 is 0 Å². The minimum atomic E-state index is 0.286. The number of anilines is 1. The van der Waals surface area contributed by atoms with E-state index in [1.807, 2.05) is 6.92 Å². The van der Waals surface area contributed by atoms with Gasteiger partial charge in [-0.3, -0.25) is 0 Å². The summed E-state index contributed by atoms with van der Waals surface area (Å²) in [6.07, 6.45) is 1.18. The van der Waals surface area contributed by atoms with E-state index in [0.29, 0.717) is 5.92 Å². The monoisotopic (exact) mass is 212 g/mol. The van der Waals surface area contributed by atoms with Gasteiger partial charge in [0.15, 0.2) is 0 Å². The summed E-state index contributed by atoms with van der Waals surface area (Å²) in [5.74, 6) is 0.610. The summed E-state index contributed by atoms with van der Waals surface area (Å²) in [6, 6.07) is 0.286. The van der Waals surface area contributed by atoms with Gasteiger partial charge in [0.05, 0.1) is 0 Å². The highest BCUT2D eigenvalue weighted by molar-refractivity contribution is 7.15. The molecular weight excluding hydrogens is 196 g/mol. The second-order valence-electron chi connectivity index (χ2n) is 3.96. The third kappa shape index (κ3) is 1.88. The molecule has 2 atom stereocenters. The van der Waals surface area contributed by atoms with Crippen molar-refractivity contribution in [3.63, 3.8) is 0 Å². The van der Waals surface area contributed by atoms with Gasteiger partial charge in [0, 0.05) is 19.1 Å². The van der Waals surface area contributed by atoms with E-state index in [1.54, 1.807) is 11.3 Å². The van der Waals surface area contributed by atoms with E-state index < -0.39 is 0 Å². The van der Waals surface area contributed by atoms with Crippen LogP contribution in [0.1, 0.15) is 18.4 Å². The first kappa shape index (κ1) is 9.86. The summed E-state index contributed by atoms with van der Waals surface area (Å²) >= 11 is 1.66. The Labute approximate surface area is 88.1 Å². The molecule has 2 unspecified atom stereocenters. The van der Waals surface area contributed by atoms with Crippen molar-refractivity contribution in [3.8, 4) is 0 Å². The molecule has 1 aromatic rings. The SMILES string of the molecule is Cc1nnc(N2CCC(C(C)N)C2)s1. The average molecular weight is 212 g/mol. The lowest BCUT2D eigenvalue weighted by Crippen LogP contribution is -2.29. The quantitative estimate of drug-likeness (QED) is 0.795. The van der Waals surface area contributed by atoms with E-state index in [-0.39, 0.29) is 6.04 Å². The average Bonchev–Trinajstić information content (AvgIpc) is 2.70. The first-order chi connectivity index (χ1) is 6.66. The molecule has 1 aliphatic rings. The number of rotatable bonds is 2. The van der Waals surface area contributed by atoms with Crippen molar-refractivity contribution >= 4 is 16.5 Å². The van der Waals surface area contributed by atoms with Gasteiger partial charge in [-0.05, 0) is 26.2 Å². The molecule has 0 bridgehead atoms. The van der Waals surface area contributed by atoms with Crippen LogP contribution in [0.25, 0.3) is 0 Å². The van der Waals surface area contributed by atoms with Gasteiger partial charge in [0.1, 0.15) is 5.01 Å². The summed E-state index contributed by atoms with van der Waals surface area (Å²) in [4.78, 5) is 2.29. The fourth-order valence-electron chi connectivity index (χ4n) is 1.80. The molecule has 5 heteroatoms. The van der Waals surface area contributed by atoms with E-state index >= 15 is 0 Å². The molecule has 1 saturated heterocycles. The van der Waals surface area contributed by atoms with Gasteiger partial charge in [-0.25, -0.2) is 0 Å². The van der Waals surface area contributed by atoms with Crippen LogP contribution in [0.5, 0.6) is 0 Å². The largest absolute Gasteiger partial charge is 0.346 e. The van der Waals surface area contributed by atoms with Crippen LogP contribution in [0.15, 0.2) is 0 Å². The van der Waals surface area contributed by atoms with Gasteiger partial charge in [0.25, 0.3) is 0 Å². The molecule has 2 rings (SSSR count). The van der Waals surface area contributed by atoms with Gasteiger partial charge < -0.3 is 10.6 Å². The van der Waals surface area contributed by atoms with Crippen molar-refractivity contribution in [2.75, 3.05) is 18.0 Å². The van der Waals surface area contributed by atoms with Gasteiger partial charge in [-0.15, -0.1) is 10.2 Å². The molecule has 4 nitrogen and oxygen atoms in total. The Morgan fingerprint density at radius 2 is 2.36 bits per heavy atom. The van der Waals surface area contributed by atoms with Crippen LogP contribution < -0.4 is 10.6 Å². The van der Waals surface area contributed by atoms with Crippen molar-refractivity contribution in [1.29, 1.82) is 0 Å². The van der Waals surface area contributed by atoms with Gasteiger partial charge >= 0.3 is 0 Å². The molecule has 0 radical (unpaired) electrons.